The Bertz CT molecular complexity index is 608. The summed E-state index contributed by atoms with van der Waals surface area (Å²) in [6.07, 6.45) is -4.36. The number of benzene rings is 2. The molecular formula is C15H14F3NO. The maximum Gasteiger partial charge on any atom is 0.416 e. The molecule has 0 spiro atoms. The predicted molar refractivity (Wildman–Crippen MR) is 71.6 cm³/mol. The zero-order valence-electron chi connectivity index (χ0n) is 10.8. The summed E-state index contributed by atoms with van der Waals surface area (Å²) in [6.45, 7) is 1.80. The molecule has 0 heterocycles. The molecule has 2 rings (SSSR count). The highest BCUT2D eigenvalue weighted by Crippen LogP contribution is 2.32. The van der Waals surface area contributed by atoms with Crippen molar-refractivity contribution < 1.29 is 18.3 Å². The summed E-state index contributed by atoms with van der Waals surface area (Å²) in [7, 11) is 0. The number of aromatic hydroxyl groups is 1. The van der Waals surface area contributed by atoms with Gasteiger partial charge in [0.2, 0.25) is 0 Å². The van der Waals surface area contributed by atoms with E-state index in [1.165, 1.54) is 18.2 Å². The van der Waals surface area contributed by atoms with Gasteiger partial charge < -0.3 is 10.4 Å². The van der Waals surface area contributed by atoms with E-state index in [1.807, 2.05) is 0 Å². The molecule has 2 N–H and O–H groups in total. The van der Waals surface area contributed by atoms with Crippen LogP contribution >= 0.6 is 0 Å². The van der Waals surface area contributed by atoms with E-state index in [0.717, 1.165) is 6.07 Å². The minimum Gasteiger partial charge on any atom is -0.508 e. The lowest BCUT2D eigenvalue weighted by Crippen LogP contribution is -2.11. The Hall–Kier alpha value is -2.17. The topological polar surface area (TPSA) is 32.3 Å². The van der Waals surface area contributed by atoms with Crippen molar-refractivity contribution in [1.29, 1.82) is 0 Å². The smallest absolute Gasteiger partial charge is 0.416 e. The molecule has 20 heavy (non-hydrogen) atoms. The average molecular weight is 281 g/mol. The van der Waals surface area contributed by atoms with Crippen LogP contribution < -0.4 is 5.32 Å². The Kier molecular flexibility index (Phi) is 3.88. The Morgan fingerprint density at radius 1 is 1.10 bits per heavy atom. The average Bonchev–Trinajstić information content (AvgIpc) is 2.39. The molecule has 0 radical (unpaired) electrons. The van der Waals surface area contributed by atoms with Gasteiger partial charge in [-0.25, -0.2) is 0 Å². The van der Waals surface area contributed by atoms with Gasteiger partial charge in [-0.2, -0.15) is 13.2 Å². The summed E-state index contributed by atoms with van der Waals surface area (Å²) < 4.78 is 38.5. The van der Waals surface area contributed by atoms with Crippen LogP contribution in [0.15, 0.2) is 42.5 Å². The standard InChI is InChI=1S/C15H14F3NO/c1-10-8-12(6-7-14(10)20)19-9-11-4-2-3-5-13(11)15(16,17)18/h2-8,19-20H,9H2,1H3. The monoisotopic (exact) mass is 281 g/mol. The van der Waals surface area contributed by atoms with Crippen molar-refractivity contribution in [3.63, 3.8) is 0 Å². The largest absolute Gasteiger partial charge is 0.508 e. The van der Waals surface area contributed by atoms with Crippen molar-refractivity contribution in [1.82, 2.24) is 0 Å². The summed E-state index contributed by atoms with van der Waals surface area (Å²) in [5.41, 5.74) is 0.880. The highest BCUT2D eigenvalue weighted by molar-refractivity contribution is 5.51. The lowest BCUT2D eigenvalue weighted by atomic mass is 10.1. The quantitative estimate of drug-likeness (QED) is 0.821. The van der Waals surface area contributed by atoms with E-state index in [0.29, 0.717) is 11.3 Å². The van der Waals surface area contributed by atoms with E-state index >= 15 is 0 Å². The van der Waals surface area contributed by atoms with Crippen molar-refractivity contribution in [3.05, 3.63) is 59.2 Å². The fourth-order valence-corrected chi connectivity index (χ4v) is 1.91. The number of nitrogens with one attached hydrogen (secondary N) is 1. The number of hydrogen-bond donors (Lipinski definition) is 2. The third-order valence-electron chi connectivity index (χ3n) is 3.00. The van der Waals surface area contributed by atoms with Gasteiger partial charge in [-0.3, -0.25) is 0 Å². The number of halogens is 3. The van der Waals surface area contributed by atoms with Crippen LogP contribution in [0, 0.1) is 6.92 Å². The maximum absolute atomic E-state index is 12.8. The van der Waals surface area contributed by atoms with E-state index in [4.69, 9.17) is 0 Å². The molecule has 0 aliphatic heterocycles. The van der Waals surface area contributed by atoms with Crippen molar-refractivity contribution in [2.45, 2.75) is 19.6 Å². The lowest BCUT2D eigenvalue weighted by Gasteiger charge is -2.14. The molecule has 0 amide bonds. The molecule has 0 aliphatic carbocycles. The molecule has 0 aromatic heterocycles. The van der Waals surface area contributed by atoms with Crippen LogP contribution in [0.25, 0.3) is 0 Å². The minimum absolute atomic E-state index is 0.0693. The lowest BCUT2D eigenvalue weighted by molar-refractivity contribution is -0.138. The molecule has 5 heteroatoms. The van der Waals surface area contributed by atoms with Crippen LogP contribution in [0.1, 0.15) is 16.7 Å². The molecule has 0 atom stereocenters. The predicted octanol–water partition coefficient (Wildman–Crippen LogP) is 4.33. The van der Waals surface area contributed by atoms with Crippen molar-refractivity contribution >= 4 is 5.69 Å². The second-order valence-electron chi connectivity index (χ2n) is 4.51. The molecule has 2 aromatic rings. The number of alkyl halides is 3. The van der Waals surface area contributed by atoms with Gasteiger partial charge in [0.25, 0.3) is 0 Å². The van der Waals surface area contributed by atoms with Crippen LogP contribution in [0.5, 0.6) is 5.75 Å². The minimum atomic E-state index is -4.36. The summed E-state index contributed by atoms with van der Waals surface area (Å²) in [6, 6.07) is 10.3. The fraction of sp³-hybridized carbons (Fsp3) is 0.200. The molecule has 0 unspecified atom stereocenters. The highest BCUT2D eigenvalue weighted by Gasteiger charge is 2.32. The second-order valence-corrected chi connectivity index (χ2v) is 4.51. The Morgan fingerprint density at radius 3 is 2.45 bits per heavy atom. The van der Waals surface area contributed by atoms with Gasteiger partial charge in [-0.05, 0) is 42.3 Å². The summed E-state index contributed by atoms with van der Waals surface area (Å²) in [5, 5.41) is 12.3. The third-order valence-corrected chi connectivity index (χ3v) is 3.00. The molecule has 0 bridgehead atoms. The number of anilines is 1. The van der Waals surface area contributed by atoms with Crippen molar-refractivity contribution in [2.75, 3.05) is 5.32 Å². The molecule has 0 fully saturated rings. The third kappa shape index (κ3) is 3.23. The molecule has 2 nitrogen and oxygen atoms in total. The Balaban J connectivity index is 2.17. The van der Waals surface area contributed by atoms with Gasteiger partial charge in [0, 0.05) is 12.2 Å². The first kappa shape index (κ1) is 14.2. The van der Waals surface area contributed by atoms with Crippen LogP contribution in [-0.4, -0.2) is 5.11 Å². The number of aryl methyl sites for hydroxylation is 1. The van der Waals surface area contributed by atoms with Gasteiger partial charge in [-0.1, -0.05) is 18.2 Å². The second kappa shape index (κ2) is 5.45. The fourth-order valence-electron chi connectivity index (χ4n) is 1.91. The van der Waals surface area contributed by atoms with Crippen LogP contribution in [-0.2, 0) is 12.7 Å². The van der Waals surface area contributed by atoms with Crippen molar-refractivity contribution in [2.24, 2.45) is 0 Å². The maximum atomic E-state index is 12.8. The van der Waals surface area contributed by atoms with E-state index in [-0.39, 0.29) is 17.9 Å². The number of phenolic OH excluding ortho intramolecular Hbond substituents is 1. The molecule has 0 saturated heterocycles. The molecule has 0 aliphatic rings. The summed E-state index contributed by atoms with van der Waals surface area (Å²) in [4.78, 5) is 0. The first-order valence-corrected chi connectivity index (χ1v) is 6.06. The van der Waals surface area contributed by atoms with E-state index in [1.54, 1.807) is 25.1 Å². The van der Waals surface area contributed by atoms with E-state index in [9.17, 15) is 18.3 Å². The SMILES string of the molecule is Cc1cc(NCc2ccccc2C(F)(F)F)ccc1O. The first-order chi connectivity index (χ1) is 9.38. The highest BCUT2D eigenvalue weighted by atomic mass is 19.4. The Labute approximate surface area is 114 Å². The number of rotatable bonds is 3. The van der Waals surface area contributed by atoms with Gasteiger partial charge in [0.1, 0.15) is 5.75 Å². The first-order valence-electron chi connectivity index (χ1n) is 6.06. The molecular weight excluding hydrogens is 267 g/mol. The normalized spacial score (nSPS) is 11.4. The summed E-state index contributed by atoms with van der Waals surface area (Å²) in [5.74, 6) is 0.159. The van der Waals surface area contributed by atoms with Crippen LogP contribution in [0.4, 0.5) is 18.9 Å². The molecule has 106 valence electrons. The summed E-state index contributed by atoms with van der Waals surface area (Å²) >= 11 is 0. The van der Waals surface area contributed by atoms with Crippen LogP contribution in [0.2, 0.25) is 0 Å². The Morgan fingerprint density at radius 2 is 1.80 bits per heavy atom. The zero-order valence-corrected chi connectivity index (χ0v) is 10.8. The van der Waals surface area contributed by atoms with E-state index < -0.39 is 11.7 Å². The van der Waals surface area contributed by atoms with Crippen molar-refractivity contribution in [3.8, 4) is 5.75 Å². The molecule has 2 aromatic carbocycles. The number of hydrogen-bond acceptors (Lipinski definition) is 2. The van der Waals surface area contributed by atoms with Gasteiger partial charge >= 0.3 is 6.18 Å². The number of phenols is 1. The van der Waals surface area contributed by atoms with Gasteiger partial charge in [0.05, 0.1) is 5.56 Å². The van der Waals surface area contributed by atoms with Gasteiger partial charge in [-0.15, -0.1) is 0 Å². The molecule has 0 saturated carbocycles. The van der Waals surface area contributed by atoms with Gasteiger partial charge in [0.15, 0.2) is 0 Å². The zero-order chi connectivity index (χ0) is 14.8. The van der Waals surface area contributed by atoms with Crippen LogP contribution in [0.3, 0.4) is 0 Å². The van der Waals surface area contributed by atoms with E-state index in [2.05, 4.69) is 5.32 Å².